The van der Waals surface area contributed by atoms with Crippen LogP contribution in [0.5, 0.6) is 0 Å². The van der Waals surface area contributed by atoms with Crippen LogP contribution in [0.1, 0.15) is 22.8 Å². The molecule has 17 heavy (non-hydrogen) atoms. The maximum absolute atomic E-state index is 11.6. The molecule has 0 spiro atoms. The van der Waals surface area contributed by atoms with E-state index < -0.39 is 15.0 Å². The van der Waals surface area contributed by atoms with Crippen molar-refractivity contribution in [3.8, 4) is 0 Å². The summed E-state index contributed by atoms with van der Waals surface area (Å²) in [6, 6.07) is 2.65. The number of rotatable bonds is 3. The first-order valence-corrected chi connectivity index (χ1v) is 8.08. The summed E-state index contributed by atoms with van der Waals surface area (Å²) in [4.78, 5) is 11.5. The lowest BCUT2D eigenvalue weighted by atomic mass is 10.1. The highest BCUT2D eigenvalue weighted by Crippen LogP contribution is 2.24. The van der Waals surface area contributed by atoms with Crippen LogP contribution in [-0.4, -0.2) is 21.0 Å². The fourth-order valence-corrected chi connectivity index (χ4v) is 2.61. The van der Waals surface area contributed by atoms with E-state index in [4.69, 9.17) is 15.4 Å². The first-order valence-electron chi connectivity index (χ1n) is 4.69. The lowest BCUT2D eigenvalue weighted by Gasteiger charge is -2.08. The Morgan fingerprint density at radius 3 is 2.53 bits per heavy atom. The molecule has 0 heterocycles. The molecule has 1 aromatic carbocycles. The zero-order valence-corrected chi connectivity index (χ0v) is 12.9. The van der Waals surface area contributed by atoms with E-state index in [1.165, 1.54) is 12.1 Å². The van der Waals surface area contributed by atoms with Crippen molar-refractivity contribution in [1.82, 2.24) is 0 Å². The van der Waals surface area contributed by atoms with Crippen molar-refractivity contribution in [3.05, 3.63) is 26.8 Å². The Bertz CT molecular complexity index is 554. The van der Waals surface area contributed by atoms with E-state index in [1.807, 2.05) is 22.6 Å². The van der Waals surface area contributed by atoms with Gasteiger partial charge in [0.25, 0.3) is 9.05 Å². The molecule has 0 saturated heterocycles. The van der Waals surface area contributed by atoms with Crippen molar-refractivity contribution in [2.45, 2.75) is 18.7 Å². The number of ether oxygens (including phenoxy) is 1. The van der Waals surface area contributed by atoms with E-state index in [9.17, 15) is 13.2 Å². The first-order chi connectivity index (χ1) is 7.77. The lowest BCUT2D eigenvalue weighted by Crippen LogP contribution is -2.09. The van der Waals surface area contributed by atoms with Gasteiger partial charge in [0.05, 0.1) is 17.1 Å². The minimum Gasteiger partial charge on any atom is -0.462 e. The fraction of sp³-hybridized carbons (Fsp3) is 0.300. The van der Waals surface area contributed by atoms with E-state index in [2.05, 4.69) is 0 Å². The molecule has 0 aromatic heterocycles. The third kappa shape index (κ3) is 3.56. The summed E-state index contributed by atoms with van der Waals surface area (Å²) >= 11 is 1.97. The molecule has 0 aliphatic heterocycles. The molecule has 1 aromatic rings. The molecule has 7 heteroatoms. The van der Waals surface area contributed by atoms with E-state index in [-0.39, 0.29) is 17.1 Å². The molecule has 4 nitrogen and oxygen atoms in total. The van der Waals surface area contributed by atoms with Crippen LogP contribution < -0.4 is 0 Å². The Balaban J connectivity index is 3.40. The molecule has 94 valence electrons. The number of aryl methyl sites for hydroxylation is 1. The summed E-state index contributed by atoms with van der Waals surface area (Å²) < 4.78 is 28.0. The number of carbonyl (C=O) groups is 1. The normalized spacial score (nSPS) is 11.3. The van der Waals surface area contributed by atoms with Gasteiger partial charge < -0.3 is 4.74 Å². The molecule has 0 atom stereocenters. The van der Waals surface area contributed by atoms with Crippen molar-refractivity contribution in [3.63, 3.8) is 0 Å². The van der Waals surface area contributed by atoms with Gasteiger partial charge in [-0.2, -0.15) is 0 Å². The lowest BCUT2D eigenvalue weighted by molar-refractivity contribution is 0.0524. The number of benzene rings is 1. The zero-order chi connectivity index (χ0) is 13.2. The summed E-state index contributed by atoms with van der Waals surface area (Å²) in [6.45, 7) is 3.61. The summed E-state index contributed by atoms with van der Waals surface area (Å²) in [5.74, 6) is -0.554. The van der Waals surface area contributed by atoms with Gasteiger partial charge in [-0.3, -0.25) is 0 Å². The molecular formula is C10H10ClIO4S. The maximum atomic E-state index is 11.6. The Hall–Kier alpha value is -0.340. The zero-order valence-electron chi connectivity index (χ0n) is 9.16. The molecule has 0 bridgehead atoms. The molecule has 0 unspecified atom stereocenters. The second kappa shape index (κ2) is 5.53. The topological polar surface area (TPSA) is 60.4 Å². The molecule has 0 radical (unpaired) electrons. The highest BCUT2D eigenvalue weighted by atomic mass is 127. The number of hydrogen-bond acceptors (Lipinski definition) is 4. The van der Waals surface area contributed by atoms with Gasteiger partial charge in [0.2, 0.25) is 0 Å². The summed E-state index contributed by atoms with van der Waals surface area (Å²) in [6.07, 6.45) is 0. The van der Waals surface area contributed by atoms with Crippen molar-refractivity contribution >= 4 is 48.3 Å². The van der Waals surface area contributed by atoms with Gasteiger partial charge in [-0.25, -0.2) is 13.2 Å². The molecular weight excluding hydrogens is 379 g/mol. The molecule has 0 saturated carbocycles. The molecule has 1 rings (SSSR count). The second-order valence-corrected chi connectivity index (χ2v) is 6.90. The number of halogens is 2. The average molecular weight is 389 g/mol. The monoisotopic (exact) mass is 388 g/mol. The van der Waals surface area contributed by atoms with Crippen LogP contribution in [0, 0.1) is 10.5 Å². The Morgan fingerprint density at radius 1 is 1.47 bits per heavy atom. The minimum absolute atomic E-state index is 0.0971. The van der Waals surface area contributed by atoms with Crippen LogP contribution in [0.4, 0.5) is 0 Å². The quantitative estimate of drug-likeness (QED) is 0.454. The van der Waals surface area contributed by atoms with Crippen LogP contribution >= 0.6 is 33.3 Å². The molecule has 0 amide bonds. The Morgan fingerprint density at radius 2 is 2.06 bits per heavy atom. The predicted molar refractivity (Wildman–Crippen MR) is 72.9 cm³/mol. The fourth-order valence-electron chi connectivity index (χ4n) is 1.23. The first kappa shape index (κ1) is 14.7. The third-order valence-electron chi connectivity index (χ3n) is 2.00. The molecule has 0 aliphatic carbocycles. The minimum atomic E-state index is -3.85. The summed E-state index contributed by atoms with van der Waals surface area (Å²) in [5, 5.41) is 0. The van der Waals surface area contributed by atoms with Crippen LogP contribution in [-0.2, 0) is 13.8 Å². The van der Waals surface area contributed by atoms with Gasteiger partial charge in [0.15, 0.2) is 0 Å². The smallest absolute Gasteiger partial charge is 0.339 e. The van der Waals surface area contributed by atoms with Crippen molar-refractivity contribution in [2.75, 3.05) is 6.61 Å². The van der Waals surface area contributed by atoms with E-state index in [0.717, 1.165) is 0 Å². The largest absolute Gasteiger partial charge is 0.462 e. The van der Waals surface area contributed by atoms with Gasteiger partial charge in [-0.05, 0) is 54.1 Å². The average Bonchev–Trinajstić information content (AvgIpc) is 2.20. The summed E-state index contributed by atoms with van der Waals surface area (Å²) in [5.41, 5.74) is 0.877. The van der Waals surface area contributed by atoms with Crippen LogP contribution in [0.3, 0.4) is 0 Å². The van der Waals surface area contributed by atoms with E-state index >= 15 is 0 Å². The number of carbonyl (C=O) groups excluding carboxylic acids is 1. The molecule has 0 fully saturated rings. The maximum Gasteiger partial charge on any atom is 0.339 e. The molecule has 0 N–H and O–H groups in total. The van der Waals surface area contributed by atoms with Gasteiger partial charge in [0.1, 0.15) is 0 Å². The van der Waals surface area contributed by atoms with Crippen LogP contribution in [0.15, 0.2) is 17.0 Å². The van der Waals surface area contributed by atoms with E-state index in [1.54, 1.807) is 13.8 Å². The van der Waals surface area contributed by atoms with Gasteiger partial charge >= 0.3 is 5.97 Å². The van der Waals surface area contributed by atoms with Gasteiger partial charge in [-0.1, -0.05) is 0 Å². The standard InChI is InChI=1S/C10H10ClIO4S/c1-3-16-10(13)8-5-7(17(11,14)15)4-6(2)9(8)12/h4-5H,3H2,1-2H3. The molecule has 0 aliphatic rings. The predicted octanol–water partition coefficient (Wildman–Crippen LogP) is 2.70. The SMILES string of the molecule is CCOC(=O)c1cc(S(=O)(=O)Cl)cc(C)c1I. The Kier molecular flexibility index (Phi) is 4.79. The van der Waals surface area contributed by atoms with Crippen LogP contribution in [0.25, 0.3) is 0 Å². The van der Waals surface area contributed by atoms with Crippen molar-refractivity contribution in [1.29, 1.82) is 0 Å². The van der Waals surface area contributed by atoms with Gasteiger partial charge in [0, 0.05) is 14.3 Å². The van der Waals surface area contributed by atoms with Crippen molar-refractivity contribution in [2.24, 2.45) is 0 Å². The van der Waals surface area contributed by atoms with Crippen molar-refractivity contribution < 1.29 is 17.9 Å². The number of esters is 1. The van der Waals surface area contributed by atoms with E-state index in [0.29, 0.717) is 9.13 Å². The Labute approximate surface area is 118 Å². The number of hydrogen-bond donors (Lipinski definition) is 0. The third-order valence-corrected chi connectivity index (χ3v) is 4.77. The highest BCUT2D eigenvalue weighted by Gasteiger charge is 2.19. The highest BCUT2D eigenvalue weighted by molar-refractivity contribution is 14.1. The van der Waals surface area contributed by atoms with Gasteiger partial charge in [-0.15, -0.1) is 0 Å². The van der Waals surface area contributed by atoms with Crippen LogP contribution in [0.2, 0.25) is 0 Å². The second-order valence-electron chi connectivity index (χ2n) is 3.26. The summed E-state index contributed by atoms with van der Waals surface area (Å²) in [7, 11) is 1.40.